The monoisotopic (exact) mass is 524 g/mol. The van der Waals surface area contributed by atoms with Gasteiger partial charge in [0.25, 0.3) is 0 Å². The molecule has 0 saturated heterocycles. The van der Waals surface area contributed by atoms with E-state index in [0.29, 0.717) is 22.8 Å². The molecule has 0 fully saturated rings. The number of nitrogens with zero attached hydrogens (tertiary/aromatic N) is 4. The van der Waals surface area contributed by atoms with E-state index in [1.807, 2.05) is 81.4 Å². The van der Waals surface area contributed by atoms with E-state index < -0.39 is 11.7 Å². The quantitative estimate of drug-likeness (QED) is 0.288. The zero-order chi connectivity index (χ0) is 27.6. The number of ether oxygens (including phenoxy) is 2. The number of para-hydroxylation sites is 1. The van der Waals surface area contributed by atoms with Gasteiger partial charge in [0.1, 0.15) is 18.0 Å². The van der Waals surface area contributed by atoms with Gasteiger partial charge in [-0.15, -0.1) is 0 Å². The number of carbonyl (C=O) groups excluding carboxylic acids is 2. The summed E-state index contributed by atoms with van der Waals surface area (Å²) < 4.78 is 11.6. The van der Waals surface area contributed by atoms with Gasteiger partial charge in [-0.05, 0) is 63.2 Å². The Morgan fingerprint density at radius 3 is 2.56 bits per heavy atom. The van der Waals surface area contributed by atoms with Crippen molar-refractivity contribution in [2.45, 2.75) is 26.4 Å². The van der Waals surface area contributed by atoms with Crippen molar-refractivity contribution in [3.8, 4) is 11.4 Å². The normalized spacial score (nSPS) is 11.5. The van der Waals surface area contributed by atoms with Crippen LogP contribution < -0.4 is 10.6 Å². The molecule has 3 aromatic carbocycles. The molecule has 10 nitrogen and oxygen atoms in total. The highest BCUT2D eigenvalue weighted by Crippen LogP contribution is 2.29. The summed E-state index contributed by atoms with van der Waals surface area (Å²) in [5.41, 5.74) is 2.90. The Balaban J connectivity index is 1.48. The third-order valence-corrected chi connectivity index (χ3v) is 5.68. The van der Waals surface area contributed by atoms with E-state index in [0.717, 1.165) is 27.5 Å². The molecule has 0 aliphatic heterocycles. The van der Waals surface area contributed by atoms with Crippen molar-refractivity contribution in [2.75, 3.05) is 24.4 Å². The first-order valence-electron chi connectivity index (χ1n) is 12.3. The molecule has 0 saturated carbocycles. The molecule has 198 valence electrons. The molecule has 39 heavy (non-hydrogen) atoms. The Kier molecular flexibility index (Phi) is 6.95. The van der Waals surface area contributed by atoms with Crippen LogP contribution in [-0.2, 0) is 14.3 Å². The lowest BCUT2D eigenvalue weighted by molar-refractivity contribution is -0.119. The van der Waals surface area contributed by atoms with E-state index in [2.05, 4.69) is 15.7 Å². The second-order valence-corrected chi connectivity index (χ2v) is 9.91. The largest absolute Gasteiger partial charge is 0.442 e. The number of nitrogens with one attached hydrogen (secondary N) is 2. The van der Waals surface area contributed by atoms with Crippen LogP contribution in [0.5, 0.6) is 0 Å². The zero-order valence-electron chi connectivity index (χ0n) is 22.1. The molecule has 0 aliphatic carbocycles. The minimum atomic E-state index is -0.627. The average Bonchev–Trinajstić information content (AvgIpc) is 3.31. The van der Waals surface area contributed by atoms with Crippen molar-refractivity contribution in [3.63, 3.8) is 0 Å². The summed E-state index contributed by atoms with van der Waals surface area (Å²) in [5, 5.41) is 12.0. The standard InChI is InChI=1S/C29H28N6O4/c1-29(2,3)39-28(37)35-24-13-12-21(15-19(24)16-30-35)32-27-22-10-5-6-11-23(22)33-26(34-27)18-8-7-9-20(14-18)31-25(36)17-38-4/h5-16H,17H2,1-4H3,(H,31,36)(H,32,33,34). The van der Waals surface area contributed by atoms with E-state index in [1.54, 1.807) is 12.3 Å². The maximum Gasteiger partial charge on any atom is 0.435 e. The van der Waals surface area contributed by atoms with Crippen LogP contribution in [0.4, 0.5) is 22.0 Å². The molecule has 0 bridgehead atoms. The summed E-state index contributed by atoms with van der Waals surface area (Å²) >= 11 is 0. The number of rotatable bonds is 6. The number of amides is 1. The molecule has 2 aromatic heterocycles. The fraction of sp³-hybridized carbons (Fsp3) is 0.207. The number of methoxy groups -OCH3 is 1. The van der Waals surface area contributed by atoms with Crippen LogP contribution in [0.25, 0.3) is 33.2 Å². The number of fused-ring (bicyclic) bond motifs is 2. The van der Waals surface area contributed by atoms with Gasteiger partial charge in [-0.2, -0.15) is 9.78 Å². The lowest BCUT2D eigenvalue weighted by Gasteiger charge is -2.19. The maximum atomic E-state index is 12.6. The topological polar surface area (TPSA) is 120 Å². The van der Waals surface area contributed by atoms with E-state index in [1.165, 1.54) is 11.8 Å². The molecule has 5 rings (SSSR count). The molecule has 0 spiro atoms. The van der Waals surface area contributed by atoms with Gasteiger partial charge in [0.15, 0.2) is 5.82 Å². The predicted molar refractivity (Wildman–Crippen MR) is 150 cm³/mol. The molecule has 0 unspecified atom stereocenters. The van der Waals surface area contributed by atoms with Crippen LogP contribution in [-0.4, -0.2) is 51.1 Å². The SMILES string of the molecule is COCC(=O)Nc1cccc(-c2nc(Nc3ccc4c(cnn4C(=O)OC(C)(C)C)c3)c3ccccc3n2)c1. The van der Waals surface area contributed by atoms with Crippen molar-refractivity contribution in [1.29, 1.82) is 0 Å². The van der Waals surface area contributed by atoms with Crippen LogP contribution in [0.2, 0.25) is 0 Å². The van der Waals surface area contributed by atoms with Gasteiger partial charge in [0, 0.05) is 34.8 Å². The highest BCUT2D eigenvalue weighted by molar-refractivity contribution is 5.95. The van der Waals surface area contributed by atoms with Gasteiger partial charge in [0.2, 0.25) is 5.91 Å². The van der Waals surface area contributed by atoms with E-state index >= 15 is 0 Å². The summed E-state index contributed by atoms with van der Waals surface area (Å²) in [7, 11) is 1.47. The highest BCUT2D eigenvalue weighted by Gasteiger charge is 2.20. The Morgan fingerprint density at radius 2 is 1.77 bits per heavy atom. The van der Waals surface area contributed by atoms with Crippen LogP contribution in [0.1, 0.15) is 20.8 Å². The molecule has 2 heterocycles. The zero-order valence-corrected chi connectivity index (χ0v) is 22.1. The number of anilines is 3. The van der Waals surface area contributed by atoms with Crippen LogP contribution in [0.3, 0.4) is 0 Å². The third-order valence-electron chi connectivity index (χ3n) is 5.68. The highest BCUT2D eigenvalue weighted by atomic mass is 16.6. The lowest BCUT2D eigenvalue weighted by atomic mass is 10.1. The molecule has 5 aromatic rings. The molecule has 10 heteroatoms. The predicted octanol–water partition coefficient (Wildman–Crippen LogP) is 5.76. The lowest BCUT2D eigenvalue weighted by Crippen LogP contribution is -2.27. The van der Waals surface area contributed by atoms with Crippen LogP contribution >= 0.6 is 0 Å². The van der Waals surface area contributed by atoms with Gasteiger partial charge in [-0.25, -0.2) is 14.8 Å². The number of hydrogen-bond donors (Lipinski definition) is 2. The summed E-state index contributed by atoms with van der Waals surface area (Å²) in [4.78, 5) is 34.1. The van der Waals surface area contributed by atoms with Gasteiger partial charge in [0.05, 0.1) is 17.2 Å². The molecule has 1 amide bonds. The van der Waals surface area contributed by atoms with Crippen molar-refractivity contribution in [3.05, 3.63) is 72.9 Å². The molecule has 0 radical (unpaired) electrons. The Morgan fingerprint density at radius 1 is 0.949 bits per heavy atom. The van der Waals surface area contributed by atoms with Crippen LogP contribution in [0, 0.1) is 0 Å². The Bertz CT molecular complexity index is 1690. The minimum absolute atomic E-state index is 0.0359. The second-order valence-electron chi connectivity index (χ2n) is 9.91. The van der Waals surface area contributed by atoms with E-state index in [9.17, 15) is 9.59 Å². The van der Waals surface area contributed by atoms with E-state index in [4.69, 9.17) is 19.4 Å². The number of aromatic nitrogens is 4. The van der Waals surface area contributed by atoms with Gasteiger partial charge < -0.3 is 20.1 Å². The van der Waals surface area contributed by atoms with Gasteiger partial charge in [-0.3, -0.25) is 4.79 Å². The van der Waals surface area contributed by atoms with Crippen molar-refractivity contribution in [2.24, 2.45) is 0 Å². The molecular weight excluding hydrogens is 496 g/mol. The first-order valence-corrected chi connectivity index (χ1v) is 12.3. The average molecular weight is 525 g/mol. The van der Waals surface area contributed by atoms with Crippen molar-refractivity contribution in [1.82, 2.24) is 19.7 Å². The van der Waals surface area contributed by atoms with Crippen LogP contribution in [0.15, 0.2) is 72.9 Å². The summed E-state index contributed by atoms with van der Waals surface area (Å²) in [6.07, 6.45) is 1.09. The summed E-state index contributed by atoms with van der Waals surface area (Å²) in [6, 6.07) is 20.6. The number of benzene rings is 3. The summed E-state index contributed by atoms with van der Waals surface area (Å²) in [5.74, 6) is 0.864. The molecule has 2 N–H and O–H groups in total. The Labute approximate surface area is 225 Å². The fourth-order valence-corrected chi connectivity index (χ4v) is 4.06. The number of carbonyl (C=O) groups is 2. The van der Waals surface area contributed by atoms with E-state index in [-0.39, 0.29) is 12.5 Å². The van der Waals surface area contributed by atoms with Crippen molar-refractivity contribution < 1.29 is 19.1 Å². The second kappa shape index (κ2) is 10.5. The molecular formula is C29H28N6O4. The minimum Gasteiger partial charge on any atom is -0.442 e. The smallest absolute Gasteiger partial charge is 0.435 e. The maximum absolute atomic E-state index is 12.6. The fourth-order valence-electron chi connectivity index (χ4n) is 4.06. The molecule has 0 aliphatic rings. The Hall–Kier alpha value is -4.83. The first kappa shape index (κ1) is 25.8. The molecule has 0 atom stereocenters. The summed E-state index contributed by atoms with van der Waals surface area (Å²) in [6.45, 7) is 5.40. The third kappa shape index (κ3) is 5.86. The van der Waals surface area contributed by atoms with Crippen molar-refractivity contribution >= 4 is 51.0 Å². The first-order chi connectivity index (χ1) is 18.7. The van der Waals surface area contributed by atoms with Gasteiger partial charge >= 0.3 is 6.09 Å². The number of hydrogen-bond acceptors (Lipinski definition) is 8. The van der Waals surface area contributed by atoms with Gasteiger partial charge in [-0.1, -0.05) is 24.3 Å².